The number of nitrogens with zero attached hydrogens (tertiary/aromatic N) is 2. The number of pyridine rings is 1. The summed E-state index contributed by atoms with van der Waals surface area (Å²) in [7, 11) is 1.67. The van der Waals surface area contributed by atoms with E-state index in [0.717, 1.165) is 37.3 Å². The van der Waals surface area contributed by atoms with Crippen molar-refractivity contribution in [3.8, 4) is 0 Å². The molecule has 0 saturated carbocycles. The molecule has 3 aromatic rings. The molecule has 0 amide bonds. The first-order valence-corrected chi connectivity index (χ1v) is 15.4. The number of ether oxygens (including phenoxy) is 1. The zero-order valence-electron chi connectivity index (χ0n) is 24.9. The number of methoxy groups -OCH3 is 1. The van der Waals surface area contributed by atoms with Gasteiger partial charge in [0, 0.05) is 47.9 Å². The summed E-state index contributed by atoms with van der Waals surface area (Å²) in [6.45, 7) is 6.33. The number of allylic oxidation sites excluding steroid dienone is 4. The van der Waals surface area contributed by atoms with Crippen LogP contribution in [0.3, 0.4) is 0 Å². The first-order chi connectivity index (χ1) is 20.2. The highest BCUT2D eigenvalue weighted by Gasteiger charge is 2.35. The van der Waals surface area contributed by atoms with Gasteiger partial charge in [0.1, 0.15) is 12.3 Å². The number of hydrogen-bond acceptors (Lipinski definition) is 3. The minimum atomic E-state index is 0.0400. The van der Waals surface area contributed by atoms with Gasteiger partial charge in [-0.25, -0.2) is 0 Å². The SMILES string of the molecule is CCCCCCN1/C(=C/C2=C(OC)C(=C\c3ccc4ccccc4[n+]3CCCCCC)/C2=O)C=Cc2ccccc21. The number of benzene rings is 2. The topological polar surface area (TPSA) is 33.4 Å². The van der Waals surface area contributed by atoms with Crippen LogP contribution in [0.15, 0.2) is 95.4 Å². The van der Waals surface area contributed by atoms with Crippen LogP contribution in [-0.4, -0.2) is 19.4 Å². The Morgan fingerprint density at radius 2 is 1.56 bits per heavy atom. The molecule has 0 saturated heterocycles. The zero-order chi connectivity index (χ0) is 28.6. The molecule has 0 unspecified atom stereocenters. The van der Waals surface area contributed by atoms with E-state index >= 15 is 0 Å². The van der Waals surface area contributed by atoms with Gasteiger partial charge in [0.2, 0.25) is 17.0 Å². The van der Waals surface area contributed by atoms with Gasteiger partial charge in [-0.1, -0.05) is 82.4 Å². The lowest BCUT2D eigenvalue weighted by atomic mass is 9.86. The van der Waals surface area contributed by atoms with Crippen LogP contribution in [0.4, 0.5) is 5.69 Å². The lowest BCUT2D eigenvalue weighted by Crippen LogP contribution is -2.38. The molecular formula is C37H43N2O2+. The first kappa shape index (κ1) is 28.6. The van der Waals surface area contributed by atoms with Gasteiger partial charge < -0.3 is 9.64 Å². The maximum atomic E-state index is 13.6. The number of carbonyl (C=O) groups is 1. The van der Waals surface area contributed by atoms with Crippen molar-refractivity contribution < 1.29 is 14.1 Å². The molecule has 2 heterocycles. The molecule has 1 aliphatic carbocycles. The van der Waals surface area contributed by atoms with Gasteiger partial charge in [0.05, 0.1) is 18.3 Å². The number of unbranched alkanes of at least 4 members (excludes halogenated alkanes) is 6. The molecule has 0 fully saturated rings. The third-order valence-electron chi connectivity index (χ3n) is 8.18. The Balaban J connectivity index is 1.48. The van der Waals surface area contributed by atoms with Gasteiger partial charge in [-0.15, -0.1) is 0 Å². The van der Waals surface area contributed by atoms with Crippen molar-refractivity contribution in [2.45, 2.75) is 71.8 Å². The van der Waals surface area contributed by atoms with E-state index in [-0.39, 0.29) is 5.78 Å². The number of para-hydroxylation sites is 2. The number of rotatable bonds is 13. The molecule has 1 aromatic heterocycles. The quantitative estimate of drug-likeness (QED) is 0.122. The van der Waals surface area contributed by atoms with Crippen molar-refractivity contribution in [1.29, 1.82) is 0 Å². The van der Waals surface area contributed by atoms with Crippen LogP contribution in [0.5, 0.6) is 0 Å². The van der Waals surface area contributed by atoms with Crippen molar-refractivity contribution in [1.82, 2.24) is 0 Å². The third kappa shape index (κ3) is 6.22. The van der Waals surface area contributed by atoms with Crippen molar-refractivity contribution in [2.24, 2.45) is 0 Å². The molecule has 212 valence electrons. The smallest absolute Gasteiger partial charge is 0.212 e. The Labute approximate surface area is 245 Å². The fraction of sp³-hybridized carbons (Fsp3) is 0.351. The fourth-order valence-electron chi connectivity index (χ4n) is 5.91. The van der Waals surface area contributed by atoms with Gasteiger partial charge in [-0.2, -0.15) is 4.57 Å². The normalized spacial score (nSPS) is 16.6. The minimum Gasteiger partial charge on any atom is -0.495 e. The number of ketones is 1. The summed E-state index contributed by atoms with van der Waals surface area (Å²) in [6, 6.07) is 21.3. The lowest BCUT2D eigenvalue weighted by Gasteiger charge is -2.32. The molecule has 0 atom stereocenters. The molecular weight excluding hydrogens is 504 g/mol. The van der Waals surface area contributed by atoms with Crippen molar-refractivity contribution in [3.05, 3.63) is 107 Å². The van der Waals surface area contributed by atoms with Crippen LogP contribution in [0.25, 0.3) is 23.1 Å². The zero-order valence-corrected chi connectivity index (χ0v) is 24.9. The Hall–Kier alpha value is -3.92. The third-order valence-corrected chi connectivity index (χ3v) is 8.18. The molecule has 0 bridgehead atoms. The van der Waals surface area contributed by atoms with Crippen molar-refractivity contribution in [2.75, 3.05) is 18.6 Å². The number of fused-ring (bicyclic) bond motifs is 2. The Bertz CT molecular complexity index is 1520. The highest BCUT2D eigenvalue weighted by molar-refractivity contribution is 6.23. The Morgan fingerprint density at radius 1 is 0.805 bits per heavy atom. The second-order valence-electron chi connectivity index (χ2n) is 11.0. The molecule has 41 heavy (non-hydrogen) atoms. The second kappa shape index (κ2) is 13.6. The van der Waals surface area contributed by atoms with E-state index in [0.29, 0.717) is 16.9 Å². The molecule has 4 nitrogen and oxygen atoms in total. The van der Waals surface area contributed by atoms with E-state index in [4.69, 9.17) is 4.74 Å². The van der Waals surface area contributed by atoms with E-state index in [1.165, 1.54) is 60.7 Å². The number of hydrogen-bond donors (Lipinski definition) is 0. The average molecular weight is 548 g/mol. The second-order valence-corrected chi connectivity index (χ2v) is 11.0. The Morgan fingerprint density at radius 3 is 2.37 bits per heavy atom. The van der Waals surface area contributed by atoms with Crippen LogP contribution in [0.1, 0.15) is 76.5 Å². The summed E-state index contributed by atoms with van der Waals surface area (Å²) in [5.74, 6) is 0.713. The molecule has 1 aliphatic heterocycles. The lowest BCUT2D eigenvalue weighted by molar-refractivity contribution is -0.673. The largest absolute Gasteiger partial charge is 0.495 e. The molecule has 2 aliphatic rings. The maximum absolute atomic E-state index is 13.6. The Kier molecular flexibility index (Phi) is 9.51. The fourth-order valence-corrected chi connectivity index (χ4v) is 5.91. The van der Waals surface area contributed by atoms with Gasteiger partial charge in [-0.3, -0.25) is 4.79 Å². The van der Waals surface area contributed by atoms with Gasteiger partial charge in [-0.05, 0) is 48.8 Å². The highest BCUT2D eigenvalue weighted by atomic mass is 16.5. The van der Waals surface area contributed by atoms with E-state index in [1.807, 2.05) is 12.2 Å². The molecule has 0 radical (unpaired) electrons. The summed E-state index contributed by atoms with van der Waals surface area (Å²) in [4.78, 5) is 16.0. The van der Waals surface area contributed by atoms with Crippen LogP contribution >= 0.6 is 0 Å². The van der Waals surface area contributed by atoms with Crippen LogP contribution in [0.2, 0.25) is 0 Å². The van der Waals surface area contributed by atoms with Crippen molar-refractivity contribution in [3.63, 3.8) is 0 Å². The highest BCUT2D eigenvalue weighted by Crippen LogP contribution is 2.37. The van der Waals surface area contributed by atoms with Crippen molar-refractivity contribution >= 4 is 34.5 Å². The summed E-state index contributed by atoms with van der Waals surface area (Å²) in [5.41, 5.74) is 6.96. The van der Waals surface area contributed by atoms with E-state index in [2.05, 4.69) is 96.1 Å². The summed E-state index contributed by atoms with van der Waals surface area (Å²) < 4.78 is 8.20. The minimum absolute atomic E-state index is 0.0400. The predicted octanol–water partition coefficient (Wildman–Crippen LogP) is 8.57. The van der Waals surface area contributed by atoms with Gasteiger partial charge in [0.15, 0.2) is 0 Å². The van der Waals surface area contributed by atoms with E-state index in [1.54, 1.807) is 7.11 Å². The predicted molar refractivity (Wildman–Crippen MR) is 170 cm³/mol. The monoisotopic (exact) mass is 547 g/mol. The van der Waals surface area contributed by atoms with Crippen LogP contribution in [0, 0.1) is 0 Å². The van der Waals surface area contributed by atoms with Gasteiger partial charge >= 0.3 is 0 Å². The maximum Gasteiger partial charge on any atom is 0.212 e. The summed E-state index contributed by atoms with van der Waals surface area (Å²) in [5, 5.41) is 1.21. The number of Topliss-reactive ketones (excluding diaryl/α,β-unsaturated/α-hetero) is 1. The number of anilines is 1. The van der Waals surface area contributed by atoms with Crippen LogP contribution < -0.4 is 9.47 Å². The summed E-state index contributed by atoms with van der Waals surface area (Å²) >= 11 is 0. The molecule has 4 heteroatoms. The van der Waals surface area contributed by atoms with Crippen LogP contribution in [-0.2, 0) is 16.1 Å². The van der Waals surface area contributed by atoms with Gasteiger partial charge in [0.25, 0.3) is 0 Å². The number of carbonyl (C=O) groups excluding carboxylic acids is 1. The average Bonchev–Trinajstić information content (AvgIpc) is 3.01. The molecule has 0 N–H and O–H groups in total. The number of aromatic nitrogens is 1. The van der Waals surface area contributed by atoms with E-state index < -0.39 is 0 Å². The van der Waals surface area contributed by atoms with E-state index in [9.17, 15) is 4.79 Å². The first-order valence-electron chi connectivity index (χ1n) is 15.4. The standard InChI is InChI=1S/C37H43N2O2/c1-4-6-8-14-24-38-30(22-20-28-16-10-12-18-34(28)38)26-32-36(40)33(37(32)41-3)27-31-23-21-29-17-11-13-19-35(29)39(31)25-15-9-7-5-2/h10-13,16-23,26-27H,4-9,14-15,24-25H2,1-3H3/q+1. The summed E-state index contributed by atoms with van der Waals surface area (Å²) in [6.07, 6.45) is 17.8. The molecule has 0 spiro atoms. The molecule has 5 rings (SSSR count). The molecule has 2 aromatic carbocycles. The number of aryl methyl sites for hydroxylation is 1.